The Morgan fingerprint density at radius 2 is 1.30 bits per heavy atom. The molecule has 214 valence electrons. The average Bonchev–Trinajstić information content (AvgIpc) is 2.99. The molecule has 0 spiro atoms. The molecule has 1 aliphatic rings. The molecular formula is C35H28N2O6. The number of nitriles is 1. The molecule has 0 saturated carbocycles. The van der Waals surface area contributed by atoms with Crippen molar-refractivity contribution >= 4 is 17.6 Å². The summed E-state index contributed by atoms with van der Waals surface area (Å²) in [5.41, 5.74) is 5.14. The third-order valence-electron chi connectivity index (χ3n) is 7.11. The van der Waals surface area contributed by atoms with Crippen molar-refractivity contribution in [2.45, 2.75) is 40.7 Å². The van der Waals surface area contributed by atoms with E-state index in [9.17, 15) is 9.59 Å². The lowest BCUT2D eigenvalue weighted by Gasteiger charge is -2.29. The van der Waals surface area contributed by atoms with Crippen LogP contribution in [0.3, 0.4) is 0 Å². The van der Waals surface area contributed by atoms with Crippen molar-refractivity contribution in [3.63, 3.8) is 0 Å². The van der Waals surface area contributed by atoms with Gasteiger partial charge in [-0.15, -0.1) is 0 Å². The second-order valence-corrected chi connectivity index (χ2v) is 10.5. The number of esters is 2. The molecule has 0 fully saturated rings. The topological polar surface area (TPSA) is 99.2 Å². The zero-order valence-electron chi connectivity index (χ0n) is 24.4. The molecule has 4 aromatic carbocycles. The summed E-state index contributed by atoms with van der Waals surface area (Å²) in [7, 11) is 0. The Balaban J connectivity index is 1.72. The van der Waals surface area contributed by atoms with Crippen LogP contribution < -0.4 is 18.9 Å². The minimum absolute atomic E-state index is 0.232. The molecule has 1 aliphatic heterocycles. The number of rotatable bonds is 4. The molecular weight excluding hydrogens is 544 g/mol. The molecule has 0 bridgehead atoms. The number of fused-ring (bicyclic) bond motifs is 3. The van der Waals surface area contributed by atoms with Crippen molar-refractivity contribution in [2.75, 3.05) is 6.61 Å². The fourth-order valence-corrected chi connectivity index (χ4v) is 5.05. The van der Waals surface area contributed by atoms with Gasteiger partial charge in [-0.1, -0.05) is 24.3 Å². The van der Waals surface area contributed by atoms with Crippen molar-refractivity contribution in [3.05, 3.63) is 111 Å². The SMILES string of the molecule is [C-]#[N+]c1ccc(C(=O)Oc2c(C)cc(C)c3c2-c2c(OC(=O)c4ccc(C#N)cc4)c(C)cc(C)c2O[C@@H](C)CO3)cc1. The van der Waals surface area contributed by atoms with E-state index in [-0.39, 0.29) is 35.3 Å². The second-order valence-electron chi connectivity index (χ2n) is 10.5. The number of carbonyl (C=O) groups excluding carboxylic acids is 2. The molecule has 43 heavy (non-hydrogen) atoms. The molecule has 1 heterocycles. The second kappa shape index (κ2) is 11.7. The summed E-state index contributed by atoms with van der Waals surface area (Å²) in [6.45, 7) is 16.8. The molecule has 0 unspecified atom stereocenters. The minimum atomic E-state index is -0.626. The number of carbonyl (C=O) groups is 2. The highest BCUT2D eigenvalue weighted by atomic mass is 16.6. The molecule has 8 heteroatoms. The third kappa shape index (κ3) is 5.64. The number of nitrogens with zero attached hydrogens (tertiary/aromatic N) is 2. The van der Waals surface area contributed by atoms with E-state index < -0.39 is 11.9 Å². The molecule has 8 nitrogen and oxygen atoms in total. The van der Waals surface area contributed by atoms with Gasteiger partial charge in [-0.3, -0.25) is 0 Å². The Labute approximate surface area is 249 Å². The Morgan fingerprint density at radius 3 is 1.81 bits per heavy atom. The standard InChI is InChI=1S/C35H28N2O6/c1-19-15-21(3)32(42-35(39)26-11-13-27(37-6)14-12-26)28-29-31(41-23(5)18-40-30(19)28)20(2)16-22(4)33(29)43-34(38)25-9-7-24(17-36)8-10-25/h7-16,23H,18H2,1-5H3/t23-/m0/s1. The summed E-state index contributed by atoms with van der Waals surface area (Å²) in [6, 6.07) is 18.1. The van der Waals surface area contributed by atoms with Crippen LogP contribution in [0.4, 0.5) is 5.69 Å². The zero-order chi connectivity index (χ0) is 30.8. The highest BCUT2D eigenvalue weighted by molar-refractivity contribution is 5.98. The van der Waals surface area contributed by atoms with Crippen LogP contribution in [0, 0.1) is 45.6 Å². The average molecular weight is 573 g/mol. The Hall–Kier alpha value is -5.60. The normalized spacial score (nSPS) is 13.4. The number of hydrogen-bond acceptors (Lipinski definition) is 7. The van der Waals surface area contributed by atoms with Crippen LogP contribution in [-0.2, 0) is 0 Å². The first-order chi connectivity index (χ1) is 20.6. The highest BCUT2D eigenvalue weighted by Crippen LogP contribution is 2.53. The molecule has 0 aromatic heterocycles. The van der Waals surface area contributed by atoms with Gasteiger partial charge in [0.05, 0.1) is 40.5 Å². The largest absolute Gasteiger partial charge is 0.489 e. The molecule has 4 aromatic rings. The first kappa shape index (κ1) is 28.9. The summed E-state index contributed by atoms with van der Waals surface area (Å²) in [5.74, 6) is 0.184. The van der Waals surface area contributed by atoms with Crippen LogP contribution in [-0.4, -0.2) is 24.6 Å². The van der Waals surface area contributed by atoms with Crippen LogP contribution in [0.5, 0.6) is 23.0 Å². The third-order valence-corrected chi connectivity index (χ3v) is 7.11. The summed E-state index contributed by atoms with van der Waals surface area (Å²) >= 11 is 0. The summed E-state index contributed by atoms with van der Waals surface area (Å²) in [5, 5.41) is 9.15. The van der Waals surface area contributed by atoms with Gasteiger partial charge in [0.1, 0.15) is 35.7 Å². The van der Waals surface area contributed by atoms with Gasteiger partial charge >= 0.3 is 11.9 Å². The molecule has 0 aliphatic carbocycles. The molecule has 0 radical (unpaired) electrons. The smallest absolute Gasteiger partial charge is 0.343 e. The molecule has 0 saturated heterocycles. The van der Waals surface area contributed by atoms with Gasteiger partial charge < -0.3 is 18.9 Å². The van der Waals surface area contributed by atoms with Gasteiger partial charge in [-0.25, -0.2) is 14.4 Å². The molecule has 0 N–H and O–H groups in total. The number of ether oxygens (including phenoxy) is 4. The lowest BCUT2D eigenvalue weighted by Crippen LogP contribution is -2.25. The predicted octanol–water partition coefficient (Wildman–Crippen LogP) is 7.61. The Bertz CT molecular complexity index is 1840. The van der Waals surface area contributed by atoms with Gasteiger partial charge in [0.2, 0.25) is 0 Å². The van der Waals surface area contributed by atoms with E-state index in [0.717, 1.165) is 11.1 Å². The van der Waals surface area contributed by atoms with E-state index in [2.05, 4.69) is 4.85 Å². The fraction of sp³-hybridized carbons (Fsp3) is 0.200. The van der Waals surface area contributed by atoms with Gasteiger partial charge in [0.25, 0.3) is 0 Å². The van der Waals surface area contributed by atoms with Crippen LogP contribution >= 0.6 is 0 Å². The van der Waals surface area contributed by atoms with E-state index in [4.69, 9.17) is 30.8 Å². The summed E-state index contributed by atoms with van der Waals surface area (Å²) in [6.07, 6.45) is -0.344. The van der Waals surface area contributed by atoms with Crippen LogP contribution in [0.25, 0.3) is 16.0 Å². The maximum absolute atomic E-state index is 13.4. The number of aryl methyl sites for hydroxylation is 4. The van der Waals surface area contributed by atoms with Crippen molar-refractivity contribution < 1.29 is 28.5 Å². The monoisotopic (exact) mass is 572 g/mol. The van der Waals surface area contributed by atoms with Crippen LogP contribution in [0.2, 0.25) is 0 Å². The highest BCUT2D eigenvalue weighted by Gasteiger charge is 2.32. The van der Waals surface area contributed by atoms with Crippen molar-refractivity contribution in [2.24, 2.45) is 0 Å². The Morgan fingerprint density at radius 1 is 0.814 bits per heavy atom. The lowest BCUT2D eigenvalue weighted by atomic mass is 9.92. The van der Waals surface area contributed by atoms with Gasteiger partial charge in [0.15, 0.2) is 5.69 Å². The first-order valence-corrected chi connectivity index (χ1v) is 13.6. The molecule has 5 rings (SSSR count). The van der Waals surface area contributed by atoms with E-state index in [0.29, 0.717) is 45.0 Å². The molecule has 1 atom stereocenters. The molecule has 0 amide bonds. The lowest BCUT2D eigenvalue weighted by molar-refractivity contribution is 0.0719. The van der Waals surface area contributed by atoms with E-state index in [1.807, 2.05) is 52.8 Å². The number of hydrogen-bond donors (Lipinski definition) is 0. The Kier molecular flexibility index (Phi) is 7.88. The summed E-state index contributed by atoms with van der Waals surface area (Å²) in [4.78, 5) is 30.2. The van der Waals surface area contributed by atoms with Crippen molar-refractivity contribution in [1.29, 1.82) is 5.26 Å². The quantitative estimate of drug-likeness (QED) is 0.141. The predicted molar refractivity (Wildman–Crippen MR) is 160 cm³/mol. The van der Waals surface area contributed by atoms with Crippen molar-refractivity contribution in [1.82, 2.24) is 0 Å². The van der Waals surface area contributed by atoms with Gasteiger partial charge in [0, 0.05) is 0 Å². The van der Waals surface area contributed by atoms with Crippen LogP contribution in [0.1, 0.15) is 55.5 Å². The summed E-state index contributed by atoms with van der Waals surface area (Å²) < 4.78 is 24.8. The van der Waals surface area contributed by atoms with E-state index >= 15 is 0 Å². The van der Waals surface area contributed by atoms with Crippen molar-refractivity contribution in [3.8, 4) is 40.2 Å². The maximum Gasteiger partial charge on any atom is 0.343 e. The number of benzene rings is 4. The minimum Gasteiger partial charge on any atom is -0.489 e. The van der Waals surface area contributed by atoms with E-state index in [1.54, 1.807) is 24.3 Å². The fourth-order valence-electron chi connectivity index (χ4n) is 5.05. The van der Waals surface area contributed by atoms with Gasteiger partial charge in [-0.2, -0.15) is 5.26 Å². The van der Waals surface area contributed by atoms with E-state index in [1.165, 1.54) is 24.3 Å². The first-order valence-electron chi connectivity index (χ1n) is 13.6. The van der Waals surface area contributed by atoms with Crippen LogP contribution in [0.15, 0.2) is 60.7 Å². The zero-order valence-corrected chi connectivity index (χ0v) is 24.4. The maximum atomic E-state index is 13.4. The van der Waals surface area contributed by atoms with Gasteiger partial charge in [-0.05, 0) is 93.3 Å².